The van der Waals surface area contributed by atoms with Crippen molar-refractivity contribution in [1.29, 1.82) is 0 Å². The molecule has 0 saturated heterocycles. The predicted octanol–water partition coefficient (Wildman–Crippen LogP) is 4.19. The van der Waals surface area contributed by atoms with Crippen LogP contribution in [0.2, 0.25) is 0 Å². The van der Waals surface area contributed by atoms with Crippen LogP contribution in [0.3, 0.4) is 0 Å². The molecule has 1 aromatic carbocycles. The van der Waals surface area contributed by atoms with Crippen molar-refractivity contribution in [2.24, 2.45) is 5.92 Å². The minimum atomic E-state index is -0.246. The summed E-state index contributed by atoms with van der Waals surface area (Å²) in [7, 11) is 0. The van der Waals surface area contributed by atoms with Crippen molar-refractivity contribution < 1.29 is 4.39 Å². The van der Waals surface area contributed by atoms with E-state index in [9.17, 15) is 9.18 Å². The monoisotopic (exact) mass is 388 g/mol. The minimum absolute atomic E-state index is 0.0151. The molecule has 0 amide bonds. The first-order chi connectivity index (χ1) is 12.5. The van der Waals surface area contributed by atoms with Crippen LogP contribution in [0.1, 0.15) is 19.4 Å². The average Bonchev–Trinajstić information content (AvgIpc) is 3.24. The molecule has 0 fully saturated rings. The third-order valence-corrected chi connectivity index (χ3v) is 5.90. The summed E-state index contributed by atoms with van der Waals surface area (Å²) in [6.45, 7) is 4.74. The molecule has 8 heteroatoms. The van der Waals surface area contributed by atoms with E-state index in [1.54, 1.807) is 16.7 Å². The van der Waals surface area contributed by atoms with Crippen LogP contribution in [0.25, 0.3) is 16.0 Å². The number of aromatic nitrogens is 4. The van der Waals surface area contributed by atoms with Crippen LogP contribution in [0.15, 0.2) is 45.7 Å². The third kappa shape index (κ3) is 3.03. The Labute approximate surface area is 157 Å². The number of hydrogen-bond acceptors (Lipinski definition) is 5. The van der Waals surface area contributed by atoms with Crippen LogP contribution in [0.5, 0.6) is 0 Å². The fourth-order valence-corrected chi connectivity index (χ4v) is 4.57. The summed E-state index contributed by atoms with van der Waals surface area (Å²) >= 11 is 2.96. The fourth-order valence-electron chi connectivity index (χ4n) is 2.85. The van der Waals surface area contributed by atoms with E-state index in [2.05, 4.69) is 24.0 Å². The molecule has 3 heterocycles. The Balaban J connectivity index is 1.80. The quantitative estimate of drug-likeness (QED) is 0.481. The van der Waals surface area contributed by atoms with Gasteiger partial charge < -0.3 is 0 Å². The van der Waals surface area contributed by atoms with Crippen LogP contribution in [-0.2, 0) is 12.3 Å². The Morgan fingerprint density at radius 1 is 1.19 bits per heavy atom. The van der Waals surface area contributed by atoms with Gasteiger partial charge in [-0.25, -0.2) is 4.39 Å². The summed E-state index contributed by atoms with van der Waals surface area (Å²) in [5.41, 5.74) is 1.82. The highest BCUT2D eigenvalue weighted by Crippen LogP contribution is 2.26. The van der Waals surface area contributed by atoms with Gasteiger partial charge in [0.1, 0.15) is 10.5 Å². The van der Waals surface area contributed by atoms with Crippen molar-refractivity contribution in [2.45, 2.75) is 31.3 Å². The summed E-state index contributed by atoms with van der Waals surface area (Å²) in [5, 5.41) is 11.2. The molecule has 0 spiro atoms. The predicted molar refractivity (Wildman–Crippen MR) is 103 cm³/mol. The fraction of sp³-hybridized carbons (Fsp3) is 0.278. The van der Waals surface area contributed by atoms with Gasteiger partial charge in [-0.1, -0.05) is 37.7 Å². The van der Waals surface area contributed by atoms with Crippen LogP contribution < -0.4 is 5.56 Å². The molecule has 0 saturated carbocycles. The van der Waals surface area contributed by atoms with Crippen LogP contribution in [-0.4, -0.2) is 19.2 Å². The molecule has 5 nitrogen and oxygen atoms in total. The van der Waals surface area contributed by atoms with Gasteiger partial charge in [0.15, 0.2) is 5.16 Å². The van der Waals surface area contributed by atoms with Gasteiger partial charge in [-0.2, -0.15) is 0 Å². The number of halogens is 1. The Morgan fingerprint density at radius 3 is 2.69 bits per heavy atom. The first kappa shape index (κ1) is 17.2. The van der Waals surface area contributed by atoms with E-state index in [0.717, 1.165) is 16.2 Å². The molecule has 4 rings (SSSR count). The van der Waals surface area contributed by atoms with Gasteiger partial charge in [0.25, 0.3) is 5.56 Å². The zero-order chi connectivity index (χ0) is 18.3. The molecule has 0 atom stereocenters. The molecule has 134 valence electrons. The van der Waals surface area contributed by atoms with Crippen molar-refractivity contribution in [1.82, 2.24) is 19.2 Å². The van der Waals surface area contributed by atoms with Crippen molar-refractivity contribution in [2.75, 3.05) is 0 Å². The number of rotatable bonds is 5. The number of hydrogen-bond donors (Lipinski definition) is 0. The topological polar surface area (TPSA) is 52.2 Å². The Bertz CT molecular complexity index is 1130. The molecule has 26 heavy (non-hydrogen) atoms. The first-order valence-corrected chi connectivity index (χ1v) is 10.1. The van der Waals surface area contributed by atoms with Crippen molar-refractivity contribution >= 4 is 39.1 Å². The highest BCUT2D eigenvalue weighted by atomic mass is 32.2. The van der Waals surface area contributed by atoms with Gasteiger partial charge in [-0.3, -0.25) is 13.8 Å². The molecule has 0 aliphatic rings. The van der Waals surface area contributed by atoms with E-state index < -0.39 is 0 Å². The Kier molecular flexibility index (Phi) is 4.54. The zero-order valence-electron chi connectivity index (χ0n) is 14.3. The number of thioether (sulfide) groups is 1. The van der Waals surface area contributed by atoms with Gasteiger partial charge in [0.05, 0.1) is 5.52 Å². The second kappa shape index (κ2) is 6.85. The smallest absolute Gasteiger partial charge is 0.272 e. The van der Waals surface area contributed by atoms with Gasteiger partial charge in [0.2, 0.25) is 5.78 Å². The molecule has 4 aromatic rings. The molecule has 0 N–H and O–H groups in total. The normalized spacial score (nSPS) is 11.8. The number of nitrogens with zero attached hydrogens (tertiary/aromatic N) is 4. The van der Waals surface area contributed by atoms with Crippen LogP contribution in [0, 0.1) is 11.7 Å². The van der Waals surface area contributed by atoms with E-state index in [1.807, 2.05) is 15.8 Å². The zero-order valence-corrected chi connectivity index (χ0v) is 16.0. The van der Waals surface area contributed by atoms with Crippen molar-refractivity contribution in [3.05, 3.63) is 57.4 Å². The standard InChI is InChI=1S/C18H17FN4OS2/c1-11(2)9-22-16(24)15-14(7-8-25-15)23-17(22)20-21-18(23)26-10-12-3-5-13(19)6-4-12/h3-8,11H,9-10H2,1-2H3. The van der Waals surface area contributed by atoms with Crippen molar-refractivity contribution in [3.8, 4) is 0 Å². The molecule has 3 aromatic heterocycles. The average molecular weight is 388 g/mol. The molecular weight excluding hydrogens is 371 g/mol. The SMILES string of the molecule is CC(C)Cn1c(=O)c2sccc2n2c(SCc3ccc(F)cc3)nnc12. The van der Waals surface area contributed by atoms with E-state index in [0.29, 0.717) is 28.7 Å². The molecular formula is C18H17FN4OS2. The summed E-state index contributed by atoms with van der Waals surface area (Å²) in [5.74, 6) is 1.29. The summed E-state index contributed by atoms with van der Waals surface area (Å²) in [6.07, 6.45) is 0. The molecule has 0 radical (unpaired) electrons. The van der Waals surface area contributed by atoms with Crippen LogP contribution >= 0.6 is 23.1 Å². The Morgan fingerprint density at radius 2 is 1.96 bits per heavy atom. The van der Waals surface area contributed by atoms with E-state index in [-0.39, 0.29) is 11.4 Å². The Hall–Kier alpha value is -2.19. The van der Waals surface area contributed by atoms with Crippen LogP contribution in [0.4, 0.5) is 4.39 Å². The summed E-state index contributed by atoms with van der Waals surface area (Å²) < 4.78 is 17.4. The largest absolute Gasteiger partial charge is 0.275 e. The number of fused-ring (bicyclic) bond motifs is 3. The summed E-state index contributed by atoms with van der Waals surface area (Å²) in [6, 6.07) is 8.37. The maximum absolute atomic E-state index is 13.1. The lowest BCUT2D eigenvalue weighted by atomic mass is 10.2. The third-order valence-electron chi connectivity index (χ3n) is 4.01. The lowest BCUT2D eigenvalue weighted by Crippen LogP contribution is -2.24. The van der Waals surface area contributed by atoms with Gasteiger partial charge in [0, 0.05) is 12.3 Å². The molecule has 0 aliphatic carbocycles. The van der Waals surface area contributed by atoms with E-state index in [4.69, 9.17) is 0 Å². The number of benzene rings is 1. The van der Waals surface area contributed by atoms with E-state index >= 15 is 0 Å². The van der Waals surface area contributed by atoms with Gasteiger partial charge in [-0.05, 0) is 35.1 Å². The molecule has 0 aliphatic heterocycles. The second-order valence-corrected chi connectivity index (χ2v) is 8.34. The van der Waals surface area contributed by atoms with E-state index in [1.165, 1.54) is 35.2 Å². The summed E-state index contributed by atoms with van der Waals surface area (Å²) in [4.78, 5) is 12.8. The highest BCUT2D eigenvalue weighted by Gasteiger charge is 2.18. The molecule has 0 unspecified atom stereocenters. The maximum Gasteiger partial charge on any atom is 0.272 e. The second-order valence-electron chi connectivity index (χ2n) is 6.48. The first-order valence-electron chi connectivity index (χ1n) is 8.27. The highest BCUT2D eigenvalue weighted by molar-refractivity contribution is 7.98. The maximum atomic E-state index is 13.1. The molecule has 0 bridgehead atoms. The van der Waals surface area contributed by atoms with Crippen molar-refractivity contribution in [3.63, 3.8) is 0 Å². The van der Waals surface area contributed by atoms with Gasteiger partial charge >= 0.3 is 0 Å². The lowest BCUT2D eigenvalue weighted by molar-refractivity contribution is 0.517. The number of thiophene rings is 1. The minimum Gasteiger partial charge on any atom is -0.275 e. The lowest BCUT2D eigenvalue weighted by Gasteiger charge is -2.11. The van der Waals surface area contributed by atoms with Gasteiger partial charge in [-0.15, -0.1) is 21.5 Å².